The second-order valence-corrected chi connectivity index (χ2v) is 3.78. The van der Waals surface area contributed by atoms with Crippen LogP contribution in [0.25, 0.3) is 0 Å². The van der Waals surface area contributed by atoms with E-state index in [-0.39, 0.29) is 5.69 Å². The molecule has 0 amide bonds. The van der Waals surface area contributed by atoms with Crippen molar-refractivity contribution in [2.45, 2.75) is 31.7 Å². The van der Waals surface area contributed by atoms with E-state index in [9.17, 15) is 10.1 Å². The first-order chi connectivity index (χ1) is 7.25. The zero-order chi connectivity index (χ0) is 10.7. The molecule has 0 unspecified atom stereocenters. The van der Waals surface area contributed by atoms with Crippen LogP contribution in [-0.2, 0) is 0 Å². The van der Waals surface area contributed by atoms with Gasteiger partial charge in [0.05, 0.1) is 11.0 Å². The highest BCUT2D eigenvalue weighted by molar-refractivity contribution is 5.44. The van der Waals surface area contributed by atoms with Crippen molar-refractivity contribution in [1.82, 2.24) is 4.98 Å². The van der Waals surface area contributed by atoms with Gasteiger partial charge in [-0.25, -0.2) is 4.98 Å². The molecule has 5 heteroatoms. The van der Waals surface area contributed by atoms with Crippen LogP contribution in [0.3, 0.4) is 0 Å². The summed E-state index contributed by atoms with van der Waals surface area (Å²) >= 11 is 0. The van der Waals surface area contributed by atoms with Gasteiger partial charge < -0.3 is 5.32 Å². The Balaban J connectivity index is 2.07. The number of pyridine rings is 1. The summed E-state index contributed by atoms with van der Waals surface area (Å²) in [6, 6.07) is 3.32. The monoisotopic (exact) mass is 207 g/mol. The minimum Gasteiger partial charge on any atom is -0.367 e. The van der Waals surface area contributed by atoms with Crippen LogP contribution in [0.4, 0.5) is 11.5 Å². The van der Waals surface area contributed by atoms with Crippen LogP contribution in [-0.4, -0.2) is 15.9 Å². The average Bonchev–Trinajstić information content (AvgIpc) is 2.71. The first-order valence-electron chi connectivity index (χ1n) is 5.13. The number of rotatable bonds is 3. The van der Waals surface area contributed by atoms with Crippen LogP contribution in [0, 0.1) is 10.1 Å². The van der Waals surface area contributed by atoms with Gasteiger partial charge in [-0.2, -0.15) is 0 Å². The molecule has 1 aromatic heterocycles. The Labute approximate surface area is 87.7 Å². The number of hydrogen-bond donors (Lipinski definition) is 1. The molecule has 0 aromatic carbocycles. The van der Waals surface area contributed by atoms with Crippen LogP contribution in [0.1, 0.15) is 25.7 Å². The molecular weight excluding hydrogens is 194 g/mol. The van der Waals surface area contributed by atoms with E-state index in [1.165, 1.54) is 31.2 Å². The summed E-state index contributed by atoms with van der Waals surface area (Å²) < 4.78 is 0. The van der Waals surface area contributed by atoms with Gasteiger partial charge in [0.25, 0.3) is 5.69 Å². The molecule has 0 saturated heterocycles. The predicted octanol–water partition coefficient (Wildman–Crippen LogP) is 2.34. The Hall–Kier alpha value is -1.65. The molecule has 1 aromatic rings. The van der Waals surface area contributed by atoms with Crippen LogP contribution >= 0.6 is 0 Å². The summed E-state index contributed by atoms with van der Waals surface area (Å²) in [6.45, 7) is 0. The smallest absolute Gasteiger partial charge is 0.274 e. The third kappa shape index (κ3) is 2.43. The highest BCUT2D eigenvalue weighted by Crippen LogP contribution is 2.22. The molecule has 1 aliphatic rings. The predicted molar refractivity (Wildman–Crippen MR) is 56.8 cm³/mol. The minimum absolute atomic E-state index is 0.0884. The van der Waals surface area contributed by atoms with Gasteiger partial charge in [0.1, 0.15) is 5.82 Å². The van der Waals surface area contributed by atoms with Gasteiger partial charge in [-0.15, -0.1) is 0 Å². The summed E-state index contributed by atoms with van der Waals surface area (Å²) in [5, 5.41) is 13.8. The van der Waals surface area contributed by atoms with E-state index in [0.717, 1.165) is 12.8 Å². The van der Waals surface area contributed by atoms with Crippen LogP contribution in [0.5, 0.6) is 0 Å². The van der Waals surface area contributed by atoms with Gasteiger partial charge in [0.2, 0.25) is 0 Å². The molecule has 0 bridgehead atoms. The maximum atomic E-state index is 10.5. The van der Waals surface area contributed by atoms with Crippen molar-refractivity contribution in [2.75, 3.05) is 5.32 Å². The van der Waals surface area contributed by atoms with Crippen LogP contribution in [0.15, 0.2) is 18.3 Å². The van der Waals surface area contributed by atoms with Crippen molar-refractivity contribution >= 4 is 11.5 Å². The summed E-state index contributed by atoms with van der Waals surface area (Å²) in [6.07, 6.45) is 6.18. The highest BCUT2D eigenvalue weighted by atomic mass is 16.6. The molecule has 0 radical (unpaired) electrons. The maximum Gasteiger partial charge on any atom is 0.274 e. The van der Waals surface area contributed by atoms with Crippen molar-refractivity contribution in [1.29, 1.82) is 0 Å². The number of aromatic nitrogens is 1. The SMILES string of the molecule is O=[N+]([O-])c1ccnc(NC2CCCC2)c1. The van der Waals surface area contributed by atoms with E-state index in [1.54, 1.807) is 0 Å². The molecule has 15 heavy (non-hydrogen) atoms. The lowest BCUT2D eigenvalue weighted by molar-refractivity contribution is -0.384. The molecule has 1 fully saturated rings. The summed E-state index contributed by atoms with van der Waals surface area (Å²) in [4.78, 5) is 14.2. The normalized spacial score (nSPS) is 16.5. The third-order valence-corrected chi connectivity index (χ3v) is 2.66. The number of anilines is 1. The third-order valence-electron chi connectivity index (χ3n) is 2.66. The molecule has 0 atom stereocenters. The molecule has 0 spiro atoms. The second kappa shape index (κ2) is 4.25. The zero-order valence-electron chi connectivity index (χ0n) is 8.35. The molecule has 1 N–H and O–H groups in total. The lowest BCUT2D eigenvalue weighted by atomic mass is 10.2. The topological polar surface area (TPSA) is 68.1 Å². The summed E-state index contributed by atoms with van der Waals surface area (Å²) in [5.74, 6) is 0.608. The van der Waals surface area contributed by atoms with Crippen molar-refractivity contribution < 1.29 is 4.92 Å². The van der Waals surface area contributed by atoms with Gasteiger partial charge >= 0.3 is 0 Å². The second-order valence-electron chi connectivity index (χ2n) is 3.78. The lowest BCUT2D eigenvalue weighted by Crippen LogP contribution is -2.15. The van der Waals surface area contributed by atoms with Crippen molar-refractivity contribution in [2.24, 2.45) is 0 Å². The van der Waals surface area contributed by atoms with Gasteiger partial charge in [0.15, 0.2) is 0 Å². The fraction of sp³-hybridized carbons (Fsp3) is 0.500. The van der Waals surface area contributed by atoms with Crippen molar-refractivity contribution in [3.05, 3.63) is 28.4 Å². The first kappa shape index (κ1) is 9.89. The quantitative estimate of drug-likeness (QED) is 0.610. The molecule has 2 rings (SSSR count). The Morgan fingerprint density at radius 2 is 2.20 bits per heavy atom. The molecule has 1 heterocycles. The van der Waals surface area contributed by atoms with E-state index < -0.39 is 4.92 Å². The lowest BCUT2D eigenvalue weighted by Gasteiger charge is -2.11. The Morgan fingerprint density at radius 3 is 2.87 bits per heavy atom. The van der Waals surface area contributed by atoms with Crippen molar-refractivity contribution in [3.63, 3.8) is 0 Å². The molecular formula is C10H13N3O2. The fourth-order valence-electron chi connectivity index (χ4n) is 1.89. The molecule has 1 saturated carbocycles. The van der Waals surface area contributed by atoms with E-state index in [1.807, 2.05) is 0 Å². The largest absolute Gasteiger partial charge is 0.367 e. The first-order valence-corrected chi connectivity index (χ1v) is 5.13. The van der Waals surface area contributed by atoms with E-state index in [0.29, 0.717) is 11.9 Å². The fourth-order valence-corrected chi connectivity index (χ4v) is 1.89. The Morgan fingerprint density at radius 1 is 1.47 bits per heavy atom. The molecule has 0 aliphatic heterocycles. The standard InChI is InChI=1S/C10H13N3O2/c14-13(15)9-5-6-11-10(7-9)12-8-3-1-2-4-8/h5-8H,1-4H2,(H,11,12). The Kier molecular flexibility index (Phi) is 2.80. The van der Waals surface area contributed by atoms with Crippen LogP contribution < -0.4 is 5.32 Å². The van der Waals surface area contributed by atoms with E-state index in [4.69, 9.17) is 0 Å². The average molecular weight is 207 g/mol. The molecule has 1 aliphatic carbocycles. The van der Waals surface area contributed by atoms with Crippen LogP contribution in [0.2, 0.25) is 0 Å². The summed E-state index contributed by atoms with van der Waals surface area (Å²) in [5.41, 5.74) is 0.0884. The molecule has 80 valence electrons. The minimum atomic E-state index is -0.401. The number of hydrogen-bond acceptors (Lipinski definition) is 4. The number of nitro groups is 1. The van der Waals surface area contributed by atoms with Gasteiger partial charge in [-0.1, -0.05) is 12.8 Å². The summed E-state index contributed by atoms with van der Waals surface area (Å²) in [7, 11) is 0. The van der Waals surface area contributed by atoms with Crippen molar-refractivity contribution in [3.8, 4) is 0 Å². The highest BCUT2D eigenvalue weighted by Gasteiger charge is 2.16. The molecule has 5 nitrogen and oxygen atoms in total. The number of nitrogens with zero attached hydrogens (tertiary/aromatic N) is 2. The van der Waals surface area contributed by atoms with Gasteiger partial charge in [-0.3, -0.25) is 10.1 Å². The maximum absolute atomic E-state index is 10.5. The number of nitrogens with one attached hydrogen (secondary N) is 1. The van der Waals surface area contributed by atoms with E-state index in [2.05, 4.69) is 10.3 Å². The van der Waals surface area contributed by atoms with Gasteiger partial charge in [-0.05, 0) is 12.8 Å². The Bertz CT molecular complexity index is 361. The van der Waals surface area contributed by atoms with Gasteiger partial charge in [0, 0.05) is 18.3 Å². The zero-order valence-corrected chi connectivity index (χ0v) is 8.35. The van der Waals surface area contributed by atoms with E-state index >= 15 is 0 Å².